The quantitative estimate of drug-likeness (QED) is 0.257. The average molecular weight is 475 g/mol. The molecule has 0 unspecified atom stereocenters. The number of ketones is 1. The highest BCUT2D eigenvalue weighted by Gasteiger charge is 2.24. The van der Waals surface area contributed by atoms with Gasteiger partial charge in [-0.05, 0) is 56.3 Å². The third-order valence-corrected chi connectivity index (χ3v) is 6.40. The van der Waals surface area contributed by atoms with Gasteiger partial charge in [0.2, 0.25) is 5.91 Å². The minimum Gasteiger partial charge on any atom is -0.469 e. The van der Waals surface area contributed by atoms with Crippen LogP contribution in [0.15, 0.2) is 76.5 Å². The van der Waals surface area contributed by atoms with Gasteiger partial charge in [-0.25, -0.2) is 0 Å². The molecule has 4 rings (SSSR count). The van der Waals surface area contributed by atoms with Gasteiger partial charge in [-0.2, -0.15) is 0 Å². The third-order valence-electron chi connectivity index (χ3n) is 5.36. The largest absolute Gasteiger partial charge is 0.469 e. The number of aromatic nitrogens is 3. The molecule has 2 heterocycles. The molecule has 0 saturated carbocycles. The van der Waals surface area contributed by atoms with Crippen molar-refractivity contribution < 1.29 is 14.0 Å². The molecule has 0 saturated heterocycles. The summed E-state index contributed by atoms with van der Waals surface area (Å²) < 4.78 is 7.42. The van der Waals surface area contributed by atoms with Crippen LogP contribution in [0.5, 0.6) is 0 Å². The lowest BCUT2D eigenvalue weighted by Gasteiger charge is -2.13. The van der Waals surface area contributed by atoms with E-state index in [0.29, 0.717) is 22.2 Å². The van der Waals surface area contributed by atoms with Gasteiger partial charge in [0, 0.05) is 22.9 Å². The Hall–Kier alpha value is -3.65. The van der Waals surface area contributed by atoms with Crippen LogP contribution in [0.1, 0.15) is 36.9 Å². The number of amides is 1. The van der Waals surface area contributed by atoms with E-state index in [0.717, 1.165) is 17.0 Å². The van der Waals surface area contributed by atoms with Gasteiger partial charge in [0.25, 0.3) is 0 Å². The highest BCUT2D eigenvalue weighted by molar-refractivity contribution is 8.00. The Morgan fingerprint density at radius 2 is 1.68 bits per heavy atom. The summed E-state index contributed by atoms with van der Waals surface area (Å²) in [5, 5.41) is 11.9. The first-order chi connectivity index (χ1) is 16.3. The number of rotatable bonds is 8. The Bertz CT molecular complexity index is 1290. The maximum Gasteiger partial charge on any atom is 0.226 e. The summed E-state index contributed by atoms with van der Waals surface area (Å²) in [4.78, 5) is 25.0. The maximum atomic E-state index is 13.1. The minimum absolute atomic E-state index is 0.0320. The number of benzene rings is 2. The van der Waals surface area contributed by atoms with Gasteiger partial charge >= 0.3 is 0 Å². The molecule has 1 N–H and O–H groups in total. The minimum atomic E-state index is -0.402. The molecule has 0 aliphatic rings. The van der Waals surface area contributed by atoms with Crippen molar-refractivity contribution in [3.63, 3.8) is 0 Å². The van der Waals surface area contributed by atoms with E-state index in [2.05, 4.69) is 15.5 Å². The fraction of sp³-hybridized carbons (Fsp3) is 0.231. The zero-order valence-corrected chi connectivity index (χ0v) is 20.3. The fourth-order valence-corrected chi connectivity index (χ4v) is 4.34. The van der Waals surface area contributed by atoms with Crippen LogP contribution in [0.25, 0.3) is 17.1 Å². The first-order valence-corrected chi connectivity index (χ1v) is 11.9. The summed E-state index contributed by atoms with van der Waals surface area (Å²) in [5.41, 5.74) is 2.98. The lowest BCUT2D eigenvalue weighted by molar-refractivity contribution is -0.118. The molecule has 0 radical (unpaired) electrons. The number of hydrogen-bond donors (Lipinski definition) is 1. The Kier molecular flexibility index (Phi) is 6.98. The fourth-order valence-electron chi connectivity index (χ4n) is 3.40. The van der Waals surface area contributed by atoms with Crippen LogP contribution in [0.2, 0.25) is 0 Å². The first-order valence-electron chi connectivity index (χ1n) is 11.0. The van der Waals surface area contributed by atoms with Gasteiger partial charge in [0.1, 0.15) is 5.76 Å². The van der Waals surface area contributed by atoms with E-state index in [-0.39, 0.29) is 17.6 Å². The Balaban J connectivity index is 1.58. The maximum absolute atomic E-state index is 13.1. The van der Waals surface area contributed by atoms with Crippen molar-refractivity contribution in [2.24, 2.45) is 5.92 Å². The predicted molar refractivity (Wildman–Crippen MR) is 133 cm³/mol. The smallest absolute Gasteiger partial charge is 0.226 e. The summed E-state index contributed by atoms with van der Waals surface area (Å²) in [7, 11) is 0. The standard InChI is InChI=1S/C26H26N4O3S/c1-16(2)25(32)27-20-12-10-19(11-13-20)23(31)18(4)34-26-29-28-24(22-14-15-33-17(22)3)30(26)21-8-6-5-7-9-21/h5-16,18H,1-4H3,(H,27,32)/t18-/m1/s1. The molecule has 0 aliphatic heterocycles. The lowest BCUT2D eigenvalue weighted by Crippen LogP contribution is -2.18. The molecule has 0 spiro atoms. The number of carbonyl (C=O) groups is 2. The number of anilines is 1. The molecule has 0 aliphatic carbocycles. The van der Waals surface area contributed by atoms with Gasteiger partial charge in [-0.3, -0.25) is 14.2 Å². The Morgan fingerprint density at radius 1 is 0.971 bits per heavy atom. The molecular weight excluding hydrogens is 448 g/mol. The monoisotopic (exact) mass is 474 g/mol. The van der Waals surface area contributed by atoms with Crippen LogP contribution in [0.4, 0.5) is 5.69 Å². The van der Waals surface area contributed by atoms with E-state index in [4.69, 9.17) is 4.42 Å². The van der Waals surface area contributed by atoms with Crippen molar-refractivity contribution in [3.05, 3.63) is 78.3 Å². The molecule has 174 valence electrons. The second-order valence-electron chi connectivity index (χ2n) is 8.21. The molecule has 0 fully saturated rings. The zero-order chi connectivity index (χ0) is 24.2. The van der Waals surface area contributed by atoms with Crippen molar-refractivity contribution >= 4 is 29.1 Å². The molecule has 34 heavy (non-hydrogen) atoms. The summed E-state index contributed by atoms with van der Waals surface area (Å²) in [5.74, 6) is 1.19. The van der Waals surface area contributed by atoms with Gasteiger partial charge in [0.05, 0.1) is 17.1 Å². The molecule has 4 aromatic rings. The van der Waals surface area contributed by atoms with Crippen LogP contribution in [0.3, 0.4) is 0 Å². The van der Waals surface area contributed by atoms with E-state index in [1.54, 1.807) is 30.5 Å². The topological polar surface area (TPSA) is 90.0 Å². The number of thioether (sulfide) groups is 1. The molecule has 0 bridgehead atoms. The highest BCUT2D eigenvalue weighted by atomic mass is 32.2. The van der Waals surface area contributed by atoms with Gasteiger partial charge < -0.3 is 9.73 Å². The number of furan rings is 1. The number of Topliss-reactive ketones (excluding diaryl/α,β-unsaturated/α-hetero) is 1. The molecule has 1 amide bonds. The third kappa shape index (κ3) is 4.97. The summed E-state index contributed by atoms with van der Waals surface area (Å²) in [6.45, 7) is 7.40. The normalized spacial score (nSPS) is 12.0. The van der Waals surface area contributed by atoms with E-state index in [1.165, 1.54) is 11.8 Å². The van der Waals surface area contributed by atoms with Crippen LogP contribution in [-0.4, -0.2) is 31.7 Å². The molecule has 2 aromatic carbocycles. The molecule has 7 nitrogen and oxygen atoms in total. The van der Waals surface area contributed by atoms with Crippen LogP contribution < -0.4 is 5.32 Å². The van der Waals surface area contributed by atoms with Gasteiger partial charge in [0.15, 0.2) is 16.8 Å². The van der Waals surface area contributed by atoms with Crippen LogP contribution in [-0.2, 0) is 4.79 Å². The highest BCUT2D eigenvalue weighted by Crippen LogP contribution is 2.32. The summed E-state index contributed by atoms with van der Waals surface area (Å²) in [6, 6.07) is 18.6. The van der Waals surface area contributed by atoms with Gasteiger partial charge in [-0.1, -0.05) is 43.8 Å². The van der Waals surface area contributed by atoms with E-state index in [1.807, 2.05) is 68.7 Å². The molecular formula is C26H26N4O3S. The summed E-state index contributed by atoms with van der Waals surface area (Å²) >= 11 is 1.35. The molecule has 8 heteroatoms. The number of para-hydroxylation sites is 1. The van der Waals surface area contributed by atoms with Crippen molar-refractivity contribution in [3.8, 4) is 17.1 Å². The van der Waals surface area contributed by atoms with Crippen LogP contribution >= 0.6 is 11.8 Å². The van der Waals surface area contributed by atoms with Crippen LogP contribution in [0, 0.1) is 12.8 Å². The van der Waals surface area contributed by atoms with Crippen molar-refractivity contribution in [2.75, 3.05) is 5.32 Å². The summed E-state index contributed by atoms with van der Waals surface area (Å²) in [6.07, 6.45) is 1.63. The SMILES string of the molecule is Cc1occc1-c1nnc(S[C@H](C)C(=O)c2ccc(NC(=O)C(C)C)cc2)n1-c1ccccc1. The van der Waals surface area contributed by atoms with E-state index < -0.39 is 5.25 Å². The number of carbonyl (C=O) groups excluding carboxylic acids is 2. The van der Waals surface area contributed by atoms with Crippen molar-refractivity contribution in [1.29, 1.82) is 0 Å². The number of hydrogen-bond acceptors (Lipinski definition) is 6. The number of nitrogens with one attached hydrogen (secondary N) is 1. The molecule has 1 atom stereocenters. The Labute approximate surface area is 202 Å². The van der Waals surface area contributed by atoms with Gasteiger partial charge in [-0.15, -0.1) is 10.2 Å². The number of aryl methyl sites for hydroxylation is 1. The second-order valence-corrected chi connectivity index (χ2v) is 9.52. The predicted octanol–water partition coefficient (Wildman–Crippen LogP) is 5.79. The number of nitrogens with zero attached hydrogens (tertiary/aromatic N) is 3. The van der Waals surface area contributed by atoms with E-state index in [9.17, 15) is 9.59 Å². The second kappa shape index (κ2) is 10.1. The van der Waals surface area contributed by atoms with Crippen molar-refractivity contribution in [1.82, 2.24) is 14.8 Å². The Morgan fingerprint density at radius 3 is 2.29 bits per heavy atom. The zero-order valence-electron chi connectivity index (χ0n) is 19.5. The van der Waals surface area contributed by atoms with E-state index >= 15 is 0 Å². The average Bonchev–Trinajstić information content (AvgIpc) is 3.45. The lowest BCUT2D eigenvalue weighted by atomic mass is 10.1. The first kappa shape index (κ1) is 23.5. The van der Waals surface area contributed by atoms with Crippen molar-refractivity contribution in [2.45, 2.75) is 38.1 Å². The molecule has 2 aromatic heterocycles.